The largest absolute Gasteiger partial charge is 0.339 e. The van der Waals surface area contributed by atoms with Gasteiger partial charge in [0.25, 0.3) is 0 Å². The first-order valence-electron chi connectivity index (χ1n) is 10.5. The van der Waals surface area contributed by atoms with Gasteiger partial charge < -0.3 is 4.57 Å². The maximum atomic E-state index is 12.2. The Morgan fingerprint density at radius 3 is 2.06 bits per heavy atom. The summed E-state index contributed by atoms with van der Waals surface area (Å²) >= 11 is 3.32. The van der Waals surface area contributed by atoms with E-state index in [1.54, 1.807) is 0 Å². The highest BCUT2D eigenvalue weighted by molar-refractivity contribution is 9.09. The Morgan fingerprint density at radius 1 is 0.710 bits per heavy atom. The predicted octanol–water partition coefficient (Wildman–Crippen LogP) is 7.48. The number of hydrogen-bond donors (Lipinski definition) is 0. The molecule has 0 radical (unpaired) electrons. The molecule has 31 heavy (non-hydrogen) atoms. The highest BCUT2D eigenvalue weighted by atomic mass is 79.9. The Bertz CT molecular complexity index is 1370. The highest BCUT2D eigenvalue weighted by Crippen LogP contribution is 2.43. The Morgan fingerprint density at radius 2 is 1.35 bits per heavy atom. The van der Waals surface area contributed by atoms with E-state index in [2.05, 4.69) is 111 Å². The first kappa shape index (κ1) is 19.8. The Balaban J connectivity index is 1.91. The van der Waals surface area contributed by atoms with Crippen molar-refractivity contribution >= 4 is 43.4 Å². The molecule has 0 aliphatic carbocycles. The summed E-state index contributed by atoms with van der Waals surface area (Å²) in [7, 11) is 0. The molecular formula is C28H22BrNO. The quantitative estimate of drug-likeness (QED) is 0.237. The van der Waals surface area contributed by atoms with Crippen molar-refractivity contribution in [1.82, 2.24) is 4.57 Å². The minimum atomic E-state index is 0.211. The lowest BCUT2D eigenvalue weighted by Crippen LogP contribution is -2.08. The summed E-state index contributed by atoms with van der Waals surface area (Å²) in [5, 5.41) is 4.03. The maximum Gasteiger partial charge on any atom is 0.145 e. The zero-order chi connectivity index (χ0) is 21.2. The Labute approximate surface area is 190 Å². The summed E-state index contributed by atoms with van der Waals surface area (Å²) in [5.41, 5.74) is 5.93. The minimum absolute atomic E-state index is 0.211. The molecule has 0 N–H and O–H groups in total. The molecule has 4 aromatic carbocycles. The number of halogens is 1. The Hall–Kier alpha value is -3.17. The van der Waals surface area contributed by atoms with Gasteiger partial charge in [-0.05, 0) is 16.5 Å². The van der Waals surface area contributed by atoms with Crippen molar-refractivity contribution < 1.29 is 4.79 Å². The number of nitrogens with zero attached hydrogens (tertiary/aromatic N) is 1. The van der Waals surface area contributed by atoms with Gasteiger partial charge in [0, 0.05) is 29.3 Å². The zero-order valence-corrected chi connectivity index (χ0v) is 18.7. The number of ketones is 1. The molecule has 3 heteroatoms. The van der Waals surface area contributed by atoms with E-state index in [1.807, 2.05) is 6.07 Å². The molecule has 0 saturated heterocycles. The normalized spacial score (nSPS) is 11.3. The molecule has 0 unspecified atom stereocenters. The Kier molecular flexibility index (Phi) is 5.44. The first-order chi connectivity index (χ1) is 15.3. The van der Waals surface area contributed by atoms with Gasteiger partial charge in [-0.3, -0.25) is 4.79 Å². The van der Waals surface area contributed by atoms with E-state index < -0.39 is 0 Å². The molecule has 1 aromatic heterocycles. The smallest absolute Gasteiger partial charge is 0.145 e. The second kappa shape index (κ2) is 8.52. The molecular weight excluding hydrogens is 446 g/mol. The van der Waals surface area contributed by atoms with Crippen LogP contribution in [-0.4, -0.2) is 15.7 Å². The van der Waals surface area contributed by atoms with Crippen molar-refractivity contribution in [3.05, 3.63) is 97.1 Å². The van der Waals surface area contributed by atoms with Crippen LogP contribution < -0.4 is 0 Å². The second-order valence-electron chi connectivity index (χ2n) is 7.71. The van der Waals surface area contributed by atoms with Gasteiger partial charge in [0.05, 0.1) is 16.5 Å². The van der Waals surface area contributed by atoms with Gasteiger partial charge in [-0.1, -0.05) is 113 Å². The van der Waals surface area contributed by atoms with Crippen LogP contribution in [-0.2, 0) is 11.3 Å². The van der Waals surface area contributed by atoms with Gasteiger partial charge in [-0.25, -0.2) is 0 Å². The lowest BCUT2D eigenvalue weighted by Gasteiger charge is -2.13. The lowest BCUT2D eigenvalue weighted by molar-refractivity contribution is -0.116. The van der Waals surface area contributed by atoms with E-state index in [0.29, 0.717) is 18.3 Å². The fraction of sp³-hybridized carbons (Fsp3) is 0.107. The second-order valence-corrected chi connectivity index (χ2v) is 8.27. The monoisotopic (exact) mass is 467 g/mol. The standard InChI is InChI=1S/C28H22BrNO/c29-19-23(31)17-18-30-27(22-12-5-2-6-13-22)26(21-10-3-1-4-11-21)25-16-15-20-9-7-8-14-24(20)28(25)30/h1-16H,17-19H2. The van der Waals surface area contributed by atoms with Crippen molar-refractivity contribution in [1.29, 1.82) is 0 Å². The van der Waals surface area contributed by atoms with E-state index in [0.717, 1.165) is 5.56 Å². The van der Waals surface area contributed by atoms with Crippen LogP contribution in [0.5, 0.6) is 0 Å². The van der Waals surface area contributed by atoms with Crippen molar-refractivity contribution in [3.8, 4) is 22.4 Å². The average Bonchev–Trinajstić information content (AvgIpc) is 3.18. The molecule has 0 fully saturated rings. The van der Waals surface area contributed by atoms with Gasteiger partial charge in [-0.15, -0.1) is 0 Å². The van der Waals surface area contributed by atoms with Gasteiger partial charge >= 0.3 is 0 Å². The lowest BCUT2D eigenvalue weighted by atomic mass is 9.97. The van der Waals surface area contributed by atoms with Crippen LogP contribution in [0.2, 0.25) is 0 Å². The first-order valence-corrected chi connectivity index (χ1v) is 11.6. The number of fused-ring (bicyclic) bond motifs is 3. The van der Waals surface area contributed by atoms with E-state index in [-0.39, 0.29) is 5.78 Å². The van der Waals surface area contributed by atoms with E-state index >= 15 is 0 Å². The van der Waals surface area contributed by atoms with Crippen LogP contribution in [0.1, 0.15) is 6.42 Å². The fourth-order valence-corrected chi connectivity index (χ4v) is 4.72. The molecule has 2 nitrogen and oxygen atoms in total. The van der Waals surface area contributed by atoms with Crippen molar-refractivity contribution in [3.63, 3.8) is 0 Å². The number of rotatable bonds is 6. The number of aromatic nitrogens is 1. The third-order valence-corrected chi connectivity index (χ3v) is 6.44. The van der Waals surface area contributed by atoms with E-state index in [1.165, 1.54) is 38.5 Å². The molecule has 5 aromatic rings. The zero-order valence-electron chi connectivity index (χ0n) is 17.1. The van der Waals surface area contributed by atoms with Crippen LogP contribution in [0.4, 0.5) is 0 Å². The summed E-state index contributed by atoms with van der Waals surface area (Å²) < 4.78 is 2.36. The number of benzene rings is 4. The van der Waals surface area contributed by atoms with E-state index in [9.17, 15) is 4.79 Å². The molecule has 0 amide bonds. The van der Waals surface area contributed by atoms with Crippen molar-refractivity contribution in [2.24, 2.45) is 0 Å². The fourth-order valence-electron chi connectivity index (χ4n) is 4.44. The SMILES string of the molecule is O=C(CBr)CCn1c(-c2ccccc2)c(-c2ccccc2)c2ccc3ccccc3c21. The molecule has 0 atom stereocenters. The van der Waals surface area contributed by atoms with Gasteiger partial charge in [-0.2, -0.15) is 0 Å². The summed E-state index contributed by atoms with van der Waals surface area (Å²) in [4.78, 5) is 12.2. The summed E-state index contributed by atoms with van der Waals surface area (Å²) in [6, 6.07) is 34.0. The number of aryl methyl sites for hydroxylation is 1. The molecule has 0 spiro atoms. The van der Waals surface area contributed by atoms with Gasteiger partial charge in [0.2, 0.25) is 0 Å². The average molecular weight is 468 g/mol. The van der Waals surface area contributed by atoms with E-state index in [4.69, 9.17) is 0 Å². The van der Waals surface area contributed by atoms with Crippen LogP contribution in [0, 0.1) is 0 Å². The minimum Gasteiger partial charge on any atom is -0.339 e. The van der Waals surface area contributed by atoms with Crippen molar-refractivity contribution in [2.75, 3.05) is 5.33 Å². The molecule has 152 valence electrons. The molecule has 0 saturated carbocycles. The van der Waals surface area contributed by atoms with Gasteiger partial charge in [0.15, 0.2) is 0 Å². The van der Waals surface area contributed by atoms with Crippen molar-refractivity contribution in [2.45, 2.75) is 13.0 Å². The highest BCUT2D eigenvalue weighted by Gasteiger charge is 2.21. The molecule has 0 bridgehead atoms. The number of carbonyl (C=O) groups is 1. The van der Waals surface area contributed by atoms with Crippen LogP contribution in [0.15, 0.2) is 97.1 Å². The summed E-state index contributed by atoms with van der Waals surface area (Å²) in [6.07, 6.45) is 0.492. The third kappa shape index (κ3) is 3.60. The van der Waals surface area contributed by atoms with Crippen LogP contribution >= 0.6 is 15.9 Å². The van der Waals surface area contributed by atoms with Gasteiger partial charge in [0.1, 0.15) is 5.78 Å². The molecule has 0 aliphatic rings. The molecule has 0 aliphatic heterocycles. The van der Waals surface area contributed by atoms with Crippen LogP contribution in [0.3, 0.4) is 0 Å². The topological polar surface area (TPSA) is 22.0 Å². The maximum absolute atomic E-state index is 12.2. The number of alkyl halides is 1. The molecule has 5 rings (SSSR count). The number of hydrogen-bond acceptors (Lipinski definition) is 1. The summed E-state index contributed by atoms with van der Waals surface area (Å²) in [6.45, 7) is 0.645. The van der Waals surface area contributed by atoms with Crippen LogP contribution in [0.25, 0.3) is 44.1 Å². The third-order valence-electron chi connectivity index (χ3n) is 5.82. The number of Topliss-reactive ketones (excluding diaryl/α,β-unsaturated/α-hetero) is 1. The number of carbonyl (C=O) groups excluding carboxylic acids is 1. The predicted molar refractivity (Wildman–Crippen MR) is 134 cm³/mol. The molecule has 1 heterocycles. The summed E-state index contributed by atoms with van der Waals surface area (Å²) in [5.74, 6) is 0.211.